The first-order valence-electron chi connectivity index (χ1n) is 1.80. The largest absolute Gasteiger partial charge is 0.332 e. The Hall–Kier alpha value is 0.640. The smallest absolute Gasteiger partial charge is 0.188 e. The minimum absolute atomic E-state index is 1.53. The Morgan fingerprint density at radius 1 is 1.29 bits per heavy atom. The van der Waals surface area contributed by atoms with Crippen LogP contribution in [0.1, 0.15) is 0 Å². The molecule has 0 fully saturated rings. The van der Waals surface area contributed by atoms with Gasteiger partial charge in [-0.25, -0.2) is 0 Å². The summed E-state index contributed by atoms with van der Waals surface area (Å²) in [5.74, 6) is 0. The van der Waals surface area contributed by atoms with Crippen molar-refractivity contribution >= 4 is 18.3 Å². The van der Waals surface area contributed by atoms with Crippen molar-refractivity contribution in [3.63, 3.8) is 0 Å². The van der Waals surface area contributed by atoms with Gasteiger partial charge in [0.05, 0.1) is 0 Å². The molecule has 0 heterocycles. The minimum atomic E-state index is -1.93. The minimum Gasteiger partial charge on any atom is -0.332 e. The Balaban J connectivity index is 3.36. The van der Waals surface area contributed by atoms with Crippen molar-refractivity contribution in [3.8, 4) is 0 Å². The van der Waals surface area contributed by atoms with Crippen LogP contribution in [-0.4, -0.2) is 20.9 Å². The standard InChI is InChI=1S/C3H9ClO2P/c1-5-7(3,4)6-2/h1-3H3. The SMILES string of the molecule is CO[P](C)(Cl)OC. The molecule has 0 saturated carbocycles. The van der Waals surface area contributed by atoms with E-state index in [-0.39, 0.29) is 0 Å². The summed E-state index contributed by atoms with van der Waals surface area (Å²) in [6.07, 6.45) is 0. The molecule has 0 bridgehead atoms. The molecule has 45 valence electrons. The molecule has 1 radical (unpaired) electrons. The number of halogens is 1. The predicted molar refractivity (Wildman–Crippen MR) is 32.7 cm³/mol. The van der Waals surface area contributed by atoms with Crippen LogP contribution in [0, 0.1) is 0 Å². The molecule has 2 nitrogen and oxygen atoms in total. The van der Waals surface area contributed by atoms with Crippen LogP contribution in [0.25, 0.3) is 0 Å². The molecule has 0 aromatic heterocycles. The lowest BCUT2D eigenvalue weighted by molar-refractivity contribution is 0.338. The van der Waals surface area contributed by atoms with Gasteiger partial charge in [-0.3, -0.25) is 0 Å². The van der Waals surface area contributed by atoms with Gasteiger partial charge in [-0.15, -0.1) is 0 Å². The van der Waals surface area contributed by atoms with Gasteiger partial charge in [-0.1, -0.05) is 0 Å². The van der Waals surface area contributed by atoms with Crippen LogP contribution in [0.4, 0.5) is 0 Å². The molecule has 7 heavy (non-hydrogen) atoms. The fraction of sp³-hybridized carbons (Fsp3) is 1.00. The molecule has 0 amide bonds. The zero-order chi connectivity index (χ0) is 5.91. The van der Waals surface area contributed by atoms with Crippen LogP contribution >= 0.6 is 18.3 Å². The third-order valence-electron chi connectivity index (χ3n) is 0.652. The van der Waals surface area contributed by atoms with E-state index in [1.165, 1.54) is 14.2 Å². The van der Waals surface area contributed by atoms with Gasteiger partial charge in [0.15, 0.2) is 7.07 Å². The Kier molecular flexibility index (Phi) is 3.09. The second-order valence-electron chi connectivity index (χ2n) is 1.11. The van der Waals surface area contributed by atoms with Crippen LogP contribution in [0.5, 0.6) is 0 Å². The summed E-state index contributed by atoms with van der Waals surface area (Å²) in [4.78, 5) is 0. The van der Waals surface area contributed by atoms with Crippen molar-refractivity contribution in [1.82, 2.24) is 0 Å². The number of hydrogen-bond donors (Lipinski definition) is 0. The van der Waals surface area contributed by atoms with E-state index >= 15 is 0 Å². The van der Waals surface area contributed by atoms with Gasteiger partial charge in [-0.2, -0.15) is 0 Å². The topological polar surface area (TPSA) is 18.5 Å². The highest BCUT2D eigenvalue weighted by Gasteiger charge is 2.13. The predicted octanol–water partition coefficient (Wildman–Crippen LogP) is 1.91. The van der Waals surface area contributed by atoms with Gasteiger partial charge in [0, 0.05) is 20.9 Å². The molecule has 0 atom stereocenters. The van der Waals surface area contributed by atoms with E-state index in [4.69, 9.17) is 20.3 Å². The number of hydrogen-bond acceptors (Lipinski definition) is 2. The van der Waals surface area contributed by atoms with Gasteiger partial charge in [0.25, 0.3) is 0 Å². The van der Waals surface area contributed by atoms with Crippen LogP contribution in [-0.2, 0) is 9.05 Å². The zero-order valence-corrected chi connectivity index (χ0v) is 6.29. The van der Waals surface area contributed by atoms with Gasteiger partial charge >= 0.3 is 0 Å². The Morgan fingerprint density at radius 2 is 1.57 bits per heavy atom. The second kappa shape index (κ2) is 2.83. The Labute approximate surface area is 49.0 Å². The summed E-state index contributed by atoms with van der Waals surface area (Å²) < 4.78 is 9.48. The van der Waals surface area contributed by atoms with Gasteiger partial charge in [-0.05, 0) is 11.2 Å². The lowest BCUT2D eigenvalue weighted by Gasteiger charge is -2.17. The van der Waals surface area contributed by atoms with E-state index in [0.717, 1.165) is 0 Å². The van der Waals surface area contributed by atoms with E-state index in [2.05, 4.69) is 0 Å². The van der Waals surface area contributed by atoms with E-state index in [0.29, 0.717) is 0 Å². The Bertz CT molecular complexity index is 50.9. The van der Waals surface area contributed by atoms with Crippen molar-refractivity contribution < 1.29 is 9.05 Å². The van der Waals surface area contributed by atoms with Crippen molar-refractivity contribution in [2.45, 2.75) is 0 Å². The lowest BCUT2D eigenvalue weighted by atomic mass is 11.8. The van der Waals surface area contributed by atoms with E-state index in [1.807, 2.05) is 0 Å². The van der Waals surface area contributed by atoms with Gasteiger partial charge in [0.1, 0.15) is 0 Å². The number of rotatable bonds is 2. The molecule has 0 aromatic rings. The molecule has 0 aliphatic rings. The monoisotopic (exact) mass is 143 g/mol. The maximum absolute atomic E-state index is 5.57. The van der Waals surface area contributed by atoms with Crippen molar-refractivity contribution in [2.24, 2.45) is 0 Å². The third kappa shape index (κ3) is 3.24. The molecule has 0 aliphatic heterocycles. The van der Waals surface area contributed by atoms with Crippen LogP contribution in [0.2, 0.25) is 0 Å². The average molecular weight is 144 g/mol. The summed E-state index contributed by atoms with van der Waals surface area (Å²) in [6, 6.07) is 0. The molecule has 0 aromatic carbocycles. The van der Waals surface area contributed by atoms with Crippen LogP contribution in [0.3, 0.4) is 0 Å². The fourth-order valence-electron chi connectivity index (χ4n) is 0.0745. The third-order valence-corrected chi connectivity index (χ3v) is 2.78. The first-order valence-corrected chi connectivity index (χ1v) is 4.77. The molecular weight excluding hydrogens is 134 g/mol. The first kappa shape index (κ1) is 7.64. The highest BCUT2D eigenvalue weighted by molar-refractivity contribution is 7.90. The second-order valence-corrected chi connectivity index (χ2v) is 5.18. The normalized spacial score (nSPS) is 12.0. The molecule has 0 aliphatic carbocycles. The highest BCUT2D eigenvalue weighted by atomic mass is 35.7. The lowest BCUT2D eigenvalue weighted by Crippen LogP contribution is -1.85. The van der Waals surface area contributed by atoms with Gasteiger partial charge < -0.3 is 9.05 Å². The summed E-state index contributed by atoms with van der Waals surface area (Å²) in [6.45, 7) is 1.73. The van der Waals surface area contributed by atoms with Crippen molar-refractivity contribution in [1.29, 1.82) is 0 Å². The van der Waals surface area contributed by atoms with E-state index < -0.39 is 7.07 Å². The average Bonchev–Trinajstić information content (AvgIpc) is 1.68. The maximum atomic E-state index is 5.57. The maximum Gasteiger partial charge on any atom is 0.188 e. The van der Waals surface area contributed by atoms with E-state index in [1.54, 1.807) is 6.66 Å². The van der Waals surface area contributed by atoms with E-state index in [9.17, 15) is 0 Å². The fourth-order valence-corrected chi connectivity index (χ4v) is 0.224. The van der Waals surface area contributed by atoms with Crippen LogP contribution in [0.15, 0.2) is 0 Å². The zero-order valence-electron chi connectivity index (χ0n) is 4.64. The summed E-state index contributed by atoms with van der Waals surface area (Å²) >= 11 is 5.57. The molecule has 0 unspecified atom stereocenters. The highest BCUT2D eigenvalue weighted by Crippen LogP contribution is 2.61. The molecular formula is C3H9ClO2P. The quantitative estimate of drug-likeness (QED) is 0.550. The first-order chi connectivity index (χ1) is 3.12. The van der Waals surface area contributed by atoms with Gasteiger partial charge in [0.2, 0.25) is 0 Å². The summed E-state index contributed by atoms with van der Waals surface area (Å²) in [7, 11) is 1.13. The molecule has 0 N–H and O–H groups in total. The molecule has 0 rings (SSSR count). The van der Waals surface area contributed by atoms with Crippen molar-refractivity contribution in [3.05, 3.63) is 0 Å². The van der Waals surface area contributed by atoms with Crippen LogP contribution < -0.4 is 0 Å². The molecule has 4 heteroatoms. The molecule has 0 spiro atoms. The van der Waals surface area contributed by atoms with Crippen molar-refractivity contribution in [2.75, 3.05) is 20.9 Å². The molecule has 0 saturated heterocycles. The summed E-state index contributed by atoms with van der Waals surface area (Å²) in [5.41, 5.74) is 0. The summed E-state index contributed by atoms with van der Waals surface area (Å²) in [5, 5.41) is 0. The Morgan fingerprint density at radius 3 is 1.57 bits per heavy atom.